The Morgan fingerprint density at radius 2 is 1.87 bits per heavy atom. The summed E-state index contributed by atoms with van der Waals surface area (Å²) in [6.45, 7) is 6.28. The van der Waals surface area contributed by atoms with Gasteiger partial charge in [0, 0.05) is 30.0 Å². The van der Waals surface area contributed by atoms with E-state index in [-0.39, 0.29) is 17.0 Å². The number of aromatic nitrogens is 1. The normalized spacial score (nSPS) is 11.3. The average molecular weight is 417 g/mol. The fourth-order valence-corrected chi connectivity index (χ4v) is 2.94. The van der Waals surface area contributed by atoms with E-state index in [0.29, 0.717) is 17.0 Å². The van der Waals surface area contributed by atoms with Crippen molar-refractivity contribution in [3.63, 3.8) is 0 Å². The highest BCUT2D eigenvalue weighted by atomic mass is 16.6. The number of ether oxygens (including phenoxy) is 1. The van der Waals surface area contributed by atoms with Crippen molar-refractivity contribution >= 4 is 23.4 Å². The lowest BCUT2D eigenvalue weighted by Crippen LogP contribution is -2.13. The zero-order chi connectivity index (χ0) is 22.4. The van der Waals surface area contributed by atoms with E-state index in [9.17, 15) is 14.9 Å². The lowest BCUT2D eigenvalue weighted by atomic mass is 9.86. The number of amides is 1. The Balaban J connectivity index is 1.78. The topological polar surface area (TPSA) is 94.4 Å². The molecule has 7 heteroatoms. The third-order valence-electron chi connectivity index (χ3n) is 4.44. The summed E-state index contributed by atoms with van der Waals surface area (Å²) < 4.78 is 6.05. The number of non-ortho nitro benzene ring substituents is 1. The first kappa shape index (κ1) is 21.7. The monoisotopic (exact) mass is 417 g/mol. The van der Waals surface area contributed by atoms with Crippen LogP contribution >= 0.6 is 0 Å². The maximum absolute atomic E-state index is 12.4. The Morgan fingerprint density at radius 3 is 2.61 bits per heavy atom. The lowest BCUT2D eigenvalue weighted by Gasteiger charge is -2.22. The first-order chi connectivity index (χ1) is 14.7. The number of nitro groups is 1. The molecule has 2 aromatic carbocycles. The van der Waals surface area contributed by atoms with Crippen molar-refractivity contribution in [3.05, 3.63) is 94.2 Å². The molecule has 0 saturated carbocycles. The van der Waals surface area contributed by atoms with Crippen LogP contribution in [0.25, 0.3) is 6.08 Å². The van der Waals surface area contributed by atoms with Gasteiger partial charge >= 0.3 is 0 Å². The number of rotatable bonds is 6. The van der Waals surface area contributed by atoms with Crippen molar-refractivity contribution in [2.75, 3.05) is 5.32 Å². The summed E-state index contributed by atoms with van der Waals surface area (Å²) in [7, 11) is 0. The van der Waals surface area contributed by atoms with E-state index in [1.807, 2.05) is 24.3 Å². The predicted molar refractivity (Wildman–Crippen MR) is 120 cm³/mol. The van der Waals surface area contributed by atoms with Crippen molar-refractivity contribution in [1.29, 1.82) is 0 Å². The van der Waals surface area contributed by atoms with Gasteiger partial charge in [-0.3, -0.25) is 14.9 Å². The van der Waals surface area contributed by atoms with Crippen LogP contribution in [0.2, 0.25) is 0 Å². The molecule has 0 atom stereocenters. The van der Waals surface area contributed by atoms with E-state index < -0.39 is 10.8 Å². The summed E-state index contributed by atoms with van der Waals surface area (Å²) in [6, 6.07) is 17.1. The molecule has 3 aromatic rings. The molecule has 0 aliphatic heterocycles. The van der Waals surface area contributed by atoms with Gasteiger partial charge in [-0.1, -0.05) is 51.1 Å². The van der Waals surface area contributed by atoms with E-state index in [1.165, 1.54) is 24.3 Å². The van der Waals surface area contributed by atoms with Gasteiger partial charge in [-0.2, -0.15) is 0 Å². The summed E-state index contributed by atoms with van der Waals surface area (Å²) in [4.78, 5) is 27.1. The van der Waals surface area contributed by atoms with Crippen LogP contribution in [-0.2, 0) is 10.2 Å². The Morgan fingerprint density at radius 1 is 1.10 bits per heavy atom. The second-order valence-electron chi connectivity index (χ2n) is 7.88. The number of carbonyl (C=O) groups excluding carboxylic acids is 1. The smallest absolute Gasteiger partial charge is 0.270 e. The van der Waals surface area contributed by atoms with Gasteiger partial charge in [-0.15, -0.1) is 0 Å². The number of nitrogens with one attached hydrogen (secondary N) is 1. The summed E-state index contributed by atoms with van der Waals surface area (Å²) in [5.41, 5.74) is 1.81. The Hall–Kier alpha value is -4.00. The SMILES string of the molecule is CC(C)(C)c1ccccc1Oc1ncccc1NC(=O)/C=C/c1cccc([N+](=O)[O-])c1. The molecular formula is C24H23N3O4. The number of nitro benzene ring substituents is 1. The first-order valence-electron chi connectivity index (χ1n) is 9.70. The average Bonchev–Trinajstić information content (AvgIpc) is 2.73. The molecule has 1 aromatic heterocycles. The number of nitrogens with zero attached hydrogens (tertiary/aromatic N) is 2. The minimum absolute atomic E-state index is 0.0389. The van der Waals surface area contributed by atoms with Crippen molar-refractivity contribution in [2.24, 2.45) is 0 Å². The van der Waals surface area contributed by atoms with Crippen LogP contribution in [0.15, 0.2) is 72.9 Å². The van der Waals surface area contributed by atoms with Gasteiger partial charge in [-0.25, -0.2) is 4.98 Å². The molecule has 0 unspecified atom stereocenters. The van der Waals surface area contributed by atoms with Gasteiger partial charge in [0.05, 0.1) is 4.92 Å². The number of hydrogen-bond donors (Lipinski definition) is 1. The molecule has 31 heavy (non-hydrogen) atoms. The highest BCUT2D eigenvalue weighted by Crippen LogP contribution is 2.35. The molecule has 0 radical (unpaired) electrons. The number of hydrogen-bond acceptors (Lipinski definition) is 5. The Bertz CT molecular complexity index is 1130. The van der Waals surface area contributed by atoms with Gasteiger partial charge in [0.25, 0.3) is 5.69 Å². The zero-order valence-electron chi connectivity index (χ0n) is 17.5. The van der Waals surface area contributed by atoms with E-state index in [1.54, 1.807) is 30.5 Å². The molecule has 3 rings (SSSR count). The minimum atomic E-state index is -0.480. The first-order valence-corrected chi connectivity index (χ1v) is 9.70. The third kappa shape index (κ3) is 5.76. The van der Waals surface area contributed by atoms with Crippen LogP contribution in [0, 0.1) is 10.1 Å². The molecule has 1 heterocycles. The van der Waals surface area contributed by atoms with Gasteiger partial charge in [0.15, 0.2) is 0 Å². The highest BCUT2D eigenvalue weighted by molar-refractivity contribution is 6.02. The lowest BCUT2D eigenvalue weighted by molar-refractivity contribution is -0.384. The third-order valence-corrected chi connectivity index (χ3v) is 4.44. The van der Waals surface area contributed by atoms with E-state index >= 15 is 0 Å². The Labute approximate surface area is 180 Å². The number of para-hydroxylation sites is 1. The summed E-state index contributed by atoms with van der Waals surface area (Å²) >= 11 is 0. The fourth-order valence-electron chi connectivity index (χ4n) is 2.94. The molecule has 1 amide bonds. The fraction of sp³-hybridized carbons (Fsp3) is 0.167. The van der Waals surface area contributed by atoms with Crippen molar-refractivity contribution < 1.29 is 14.5 Å². The maximum Gasteiger partial charge on any atom is 0.270 e. The zero-order valence-corrected chi connectivity index (χ0v) is 17.5. The van der Waals surface area contributed by atoms with E-state index in [2.05, 4.69) is 31.1 Å². The molecular weight excluding hydrogens is 394 g/mol. The molecule has 158 valence electrons. The summed E-state index contributed by atoms with van der Waals surface area (Å²) in [5, 5.41) is 13.6. The molecule has 0 aliphatic rings. The van der Waals surface area contributed by atoms with E-state index in [4.69, 9.17) is 4.74 Å². The highest BCUT2D eigenvalue weighted by Gasteiger charge is 2.20. The molecule has 1 N–H and O–H groups in total. The van der Waals surface area contributed by atoms with Gasteiger partial charge in [0.2, 0.25) is 11.8 Å². The van der Waals surface area contributed by atoms with Gasteiger partial charge in [-0.05, 0) is 35.3 Å². The number of anilines is 1. The van der Waals surface area contributed by atoms with Crippen molar-refractivity contribution in [1.82, 2.24) is 4.98 Å². The molecule has 7 nitrogen and oxygen atoms in total. The van der Waals surface area contributed by atoms with E-state index in [0.717, 1.165) is 5.56 Å². The molecule has 0 spiro atoms. The van der Waals surface area contributed by atoms with Crippen LogP contribution in [0.4, 0.5) is 11.4 Å². The summed E-state index contributed by atoms with van der Waals surface area (Å²) in [5.74, 6) is 0.529. The summed E-state index contributed by atoms with van der Waals surface area (Å²) in [6.07, 6.45) is 4.40. The molecule has 0 saturated heterocycles. The standard InChI is InChI=1S/C24H23N3O4/c1-24(2,3)19-10-4-5-12-21(19)31-23-20(11-7-15-25-23)26-22(28)14-13-17-8-6-9-18(16-17)27(29)30/h4-16H,1-3H3,(H,26,28)/b14-13+. The van der Waals surface area contributed by atoms with Crippen LogP contribution in [-0.4, -0.2) is 15.8 Å². The maximum atomic E-state index is 12.4. The van der Waals surface area contributed by atoms with Crippen LogP contribution in [0.5, 0.6) is 11.6 Å². The van der Waals surface area contributed by atoms with Crippen molar-refractivity contribution in [2.45, 2.75) is 26.2 Å². The number of pyridine rings is 1. The Kier molecular flexibility index (Phi) is 6.45. The van der Waals surface area contributed by atoms with Crippen LogP contribution in [0.1, 0.15) is 31.9 Å². The molecule has 0 bridgehead atoms. The number of benzene rings is 2. The second kappa shape index (κ2) is 9.21. The largest absolute Gasteiger partial charge is 0.437 e. The molecule has 0 fully saturated rings. The van der Waals surface area contributed by atoms with Crippen molar-refractivity contribution in [3.8, 4) is 11.6 Å². The van der Waals surface area contributed by atoms with Crippen LogP contribution < -0.4 is 10.1 Å². The minimum Gasteiger partial charge on any atom is -0.437 e. The van der Waals surface area contributed by atoms with Gasteiger partial charge in [0.1, 0.15) is 11.4 Å². The van der Waals surface area contributed by atoms with Crippen LogP contribution in [0.3, 0.4) is 0 Å². The quantitative estimate of drug-likeness (QED) is 0.314. The number of carbonyl (C=O) groups is 1. The molecule has 0 aliphatic carbocycles. The second-order valence-corrected chi connectivity index (χ2v) is 7.88. The predicted octanol–water partition coefficient (Wildman–Crippen LogP) is 5.73. The van der Waals surface area contributed by atoms with Gasteiger partial charge < -0.3 is 10.1 Å².